The van der Waals surface area contributed by atoms with Gasteiger partial charge in [-0.2, -0.15) is 15.0 Å². The fourth-order valence-electron chi connectivity index (χ4n) is 2.59. The van der Waals surface area contributed by atoms with Gasteiger partial charge in [0, 0.05) is 5.56 Å². The molecule has 0 radical (unpaired) electrons. The van der Waals surface area contributed by atoms with E-state index in [0.717, 1.165) is 5.69 Å². The van der Waals surface area contributed by atoms with Gasteiger partial charge in [0.2, 0.25) is 0 Å². The van der Waals surface area contributed by atoms with Crippen LogP contribution in [-0.2, 0) is 19.4 Å². The van der Waals surface area contributed by atoms with Crippen molar-refractivity contribution in [2.45, 2.75) is 32.7 Å². The summed E-state index contributed by atoms with van der Waals surface area (Å²) >= 11 is 0. The van der Waals surface area contributed by atoms with Gasteiger partial charge in [-0.15, -0.1) is 0 Å². The number of rotatable bonds is 2. The van der Waals surface area contributed by atoms with Crippen molar-refractivity contribution >= 4 is 5.97 Å². The Morgan fingerprint density at radius 1 is 1.38 bits per heavy atom. The highest BCUT2D eigenvalue weighted by Crippen LogP contribution is 2.33. The lowest BCUT2D eigenvalue weighted by Gasteiger charge is -2.09. The lowest BCUT2D eigenvalue weighted by Crippen LogP contribution is -2.20. The second-order valence-electron chi connectivity index (χ2n) is 4.87. The maximum atomic E-state index is 11.9. The summed E-state index contributed by atoms with van der Waals surface area (Å²) in [5, 5.41) is 27.8. The number of aryl methyl sites for hydroxylation is 2. The molecule has 0 atom stereocenters. The molecule has 110 valence electrons. The molecule has 3 rings (SSSR count). The van der Waals surface area contributed by atoms with E-state index in [1.165, 1.54) is 4.80 Å². The molecule has 21 heavy (non-hydrogen) atoms. The number of hydrogen-bond acceptors (Lipinski definition) is 5. The first-order valence-corrected chi connectivity index (χ1v) is 6.68. The van der Waals surface area contributed by atoms with Gasteiger partial charge in [-0.25, -0.2) is 4.79 Å². The minimum absolute atomic E-state index is 0.370. The molecule has 2 aromatic rings. The molecule has 0 spiro atoms. The minimum Gasteiger partial charge on any atom is -0.506 e. The highest BCUT2D eigenvalue weighted by atomic mass is 16.4. The summed E-state index contributed by atoms with van der Waals surface area (Å²) in [6.07, 6.45) is 1.82. The van der Waals surface area contributed by atoms with E-state index in [0.29, 0.717) is 42.8 Å². The highest BCUT2D eigenvalue weighted by Gasteiger charge is 2.27. The molecule has 1 aliphatic rings. The average molecular weight is 290 g/mol. The van der Waals surface area contributed by atoms with E-state index in [1.807, 2.05) is 6.92 Å². The zero-order chi connectivity index (χ0) is 15.1. The highest BCUT2D eigenvalue weighted by molar-refractivity contribution is 5.91. The number of H-pyrrole nitrogens is 1. The Balaban J connectivity index is 2.31. The number of carboxylic acid groups (broad SMARTS) is 1. The van der Waals surface area contributed by atoms with Gasteiger partial charge < -0.3 is 15.2 Å². The van der Waals surface area contributed by atoms with Gasteiger partial charge in [0.25, 0.3) is 5.56 Å². The van der Waals surface area contributed by atoms with Crippen molar-refractivity contribution in [2.75, 3.05) is 0 Å². The SMILES string of the molecule is CCn1nc2c(n1)-c1[nH]c(=O)c(C(=O)O)c(O)c1CCC2. The van der Waals surface area contributed by atoms with Gasteiger partial charge in [0.15, 0.2) is 5.56 Å². The number of nitrogens with one attached hydrogen (secondary N) is 1. The van der Waals surface area contributed by atoms with Crippen LogP contribution in [0.3, 0.4) is 0 Å². The standard InChI is InChI=1S/C13H14N4O4/c1-2-17-15-7-5-3-4-6-9(10(7)16-17)14-12(19)8(11(6)18)13(20)21/h2-5H2,1H3,(H,20,21)(H2,14,18,19). The van der Waals surface area contributed by atoms with Crippen molar-refractivity contribution in [3.05, 3.63) is 27.2 Å². The lowest BCUT2D eigenvalue weighted by molar-refractivity contribution is 0.0691. The molecule has 2 heterocycles. The predicted octanol–water partition coefficient (Wildman–Crippen LogP) is 0.546. The van der Waals surface area contributed by atoms with E-state index in [2.05, 4.69) is 15.2 Å². The normalized spacial score (nSPS) is 13.4. The van der Waals surface area contributed by atoms with Crippen LogP contribution < -0.4 is 5.56 Å². The van der Waals surface area contributed by atoms with Crippen molar-refractivity contribution < 1.29 is 15.0 Å². The molecule has 0 unspecified atom stereocenters. The topological polar surface area (TPSA) is 121 Å². The zero-order valence-electron chi connectivity index (χ0n) is 11.4. The Kier molecular flexibility index (Phi) is 3.00. The van der Waals surface area contributed by atoms with Crippen molar-refractivity contribution in [3.8, 4) is 17.1 Å². The first-order valence-electron chi connectivity index (χ1n) is 6.68. The number of aromatic nitrogens is 4. The summed E-state index contributed by atoms with van der Waals surface area (Å²) in [5.74, 6) is -1.92. The molecule has 1 aliphatic carbocycles. The van der Waals surface area contributed by atoms with E-state index in [1.54, 1.807) is 0 Å². The van der Waals surface area contributed by atoms with Crippen LogP contribution in [0.4, 0.5) is 0 Å². The monoisotopic (exact) mass is 290 g/mol. The Hall–Kier alpha value is -2.64. The minimum atomic E-state index is -1.45. The number of fused-ring (bicyclic) bond motifs is 3. The van der Waals surface area contributed by atoms with E-state index in [4.69, 9.17) is 5.11 Å². The molecule has 0 saturated heterocycles. The molecule has 0 fully saturated rings. The molecule has 0 bridgehead atoms. The molecule has 8 heteroatoms. The second kappa shape index (κ2) is 4.72. The number of pyridine rings is 1. The number of carboxylic acids is 1. The molecule has 3 N–H and O–H groups in total. The Morgan fingerprint density at radius 3 is 2.81 bits per heavy atom. The van der Waals surface area contributed by atoms with Crippen LogP contribution >= 0.6 is 0 Å². The van der Waals surface area contributed by atoms with Crippen molar-refractivity contribution in [2.24, 2.45) is 0 Å². The van der Waals surface area contributed by atoms with Crippen molar-refractivity contribution in [1.82, 2.24) is 20.0 Å². The van der Waals surface area contributed by atoms with Gasteiger partial charge >= 0.3 is 5.97 Å². The average Bonchev–Trinajstić information content (AvgIpc) is 2.76. The number of carbonyl (C=O) groups is 1. The largest absolute Gasteiger partial charge is 0.506 e. The van der Waals surface area contributed by atoms with E-state index < -0.39 is 22.8 Å². The second-order valence-corrected chi connectivity index (χ2v) is 4.87. The fourth-order valence-corrected chi connectivity index (χ4v) is 2.59. The summed E-state index contributed by atoms with van der Waals surface area (Å²) in [5.41, 5.74) is 0.573. The summed E-state index contributed by atoms with van der Waals surface area (Å²) in [6.45, 7) is 2.49. The number of aromatic hydroxyl groups is 1. The van der Waals surface area contributed by atoms with Crippen LogP contribution in [0.2, 0.25) is 0 Å². The maximum absolute atomic E-state index is 11.9. The Morgan fingerprint density at radius 2 is 2.14 bits per heavy atom. The van der Waals surface area contributed by atoms with Gasteiger partial charge in [-0.3, -0.25) is 4.79 Å². The molecule has 0 aromatic carbocycles. The summed E-state index contributed by atoms with van der Waals surface area (Å²) < 4.78 is 0. The molecule has 0 aliphatic heterocycles. The first kappa shape index (κ1) is 13.3. The lowest BCUT2D eigenvalue weighted by atomic mass is 10.0. The third-order valence-electron chi connectivity index (χ3n) is 3.59. The van der Waals surface area contributed by atoms with Gasteiger partial charge in [0.1, 0.15) is 11.4 Å². The third kappa shape index (κ3) is 1.99. The van der Waals surface area contributed by atoms with Crippen LogP contribution in [0.1, 0.15) is 35.0 Å². The maximum Gasteiger partial charge on any atom is 0.345 e. The predicted molar refractivity (Wildman–Crippen MR) is 72.4 cm³/mol. The molecular formula is C13H14N4O4. The summed E-state index contributed by atoms with van der Waals surface area (Å²) in [6, 6.07) is 0. The van der Waals surface area contributed by atoms with Gasteiger partial charge in [-0.05, 0) is 26.2 Å². The quantitative estimate of drug-likeness (QED) is 0.742. The zero-order valence-corrected chi connectivity index (χ0v) is 11.4. The van der Waals surface area contributed by atoms with Crippen LogP contribution in [-0.4, -0.2) is 36.2 Å². The molecule has 0 saturated carbocycles. The van der Waals surface area contributed by atoms with Crippen LogP contribution in [0, 0.1) is 0 Å². The Labute approximate surface area is 119 Å². The van der Waals surface area contributed by atoms with Gasteiger partial charge in [-0.1, -0.05) is 0 Å². The van der Waals surface area contributed by atoms with E-state index >= 15 is 0 Å². The van der Waals surface area contributed by atoms with Crippen LogP contribution in [0.5, 0.6) is 5.75 Å². The third-order valence-corrected chi connectivity index (χ3v) is 3.59. The van der Waals surface area contributed by atoms with E-state index in [9.17, 15) is 14.7 Å². The van der Waals surface area contributed by atoms with Crippen LogP contribution in [0.25, 0.3) is 11.4 Å². The molecule has 2 aromatic heterocycles. The number of nitrogens with zero attached hydrogens (tertiary/aromatic N) is 3. The Bertz CT molecular complexity index is 790. The first-order chi connectivity index (χ1) is 10.0. The fraction of sp³-hybridized carbons (Fsp3) is 0.385. The van der Waals surface area contributed by atoms with E-state index in [-0.39, 0.29) is 0 Å². The molecule has 8 nitrogen and oxygen atoms in total. The summed E-state index contributed by atoms with van der Waals surface area (Å²) in [4.78, 5) is 27.1. The summed E-state index contributed by atoms with van der Waals surface area (Å²) in [7, 11) is 0. The molecule has 0 amide bonds. The number of hydrogen-bond donors (Lipinski definition) is 3. The number of aromatic amines is 1. The van der Waals surface area contributed by atoms with Crippen molar-refractivity contribution in [1.29, 1.82) is 0 Å². The number of aromatic carboxylic acids is 1. The van der Waals surface area contributed by atoms with Crippen molar-refractivity contribution in [3.63, 3.8) is 0 Å². The smallest absolute Gasteiger partial charge is 0.345 e. The van der Waals surface area contributed by atoms with Crippen LogP contribution in [0.15, 0.2) is 4.79 Å². The van der Waals surface area contributed by atoms with Gasteiger partial charge in [0.05, 0.1) is 17.9 Å². The molecular weight excluding hydrogens is 276 g/mol.